The zero-order valence-corrected chi connectivity index (χ0v) is 11.6. The highest BCUT2D eigenvalue weighted by Crippen LogP contribution is 2.34. The van der Waals surface area contributed by atoms with Crippen molar-refractivity contribution in [3.63, 3.8) is 0 Å². The lowest BCUT2D eigenvalue weighted by Gasteiger charge is -2.33. The van der Waals surface area contributed by atoms with Crippen LogP contribution in [0.5, 0.6) is 0 Å². The van der Waals surface area contributed by atoms with Gasteiger partial charge in [-0.05, 0) is 37.0 Å². The predicted molar refractivity (Wildman–Crippen MR) is 70.7 cm³/mol. The molecule has 0 saturated heterocycles. The summed E-state index contributed by atoms with van der Waals surface area (Å²) in [6.07, 6.45) is 2.58. The second kappa shape index (κ2) is 5.56. The highest BCUT2D eigenvalue weighted by molar-refractivity contribution is 7.86. The van der Waals surface area contributed by atoms with Gasteiger partial charge in [-0.3, -0.25) is 4.18 Å². The molecule has 3 unspecified atom stereocenters. The van der Waals surface area contributed by atoms with E-state index in [2.05, 4.69) is 0 Å². The Hall–Kier alpha value is -0.980. The van der Waals surface area contributed by atoms with Crippen molar-refractivity contribution < 1.29 is 17.0 Å². The molecule has 1 aromatic rings. The van der Waals surface area contributed by atoms with Gasteiger partial charge in [-0.25, -0.2) is 4.39 Å². The molecule has 1 aliphatic carbocycles. The Balaban J connectivity index is 2.12. The van der Waals surface area contributed by atoms with Gasteiger partial charge < -0.3 is 5.73 Å². The molecule has 0 aliphatic heterocycles. The Morgan fingerprint density at radius 2 is 1.89 bits per heavy atom. The molecule has 106 valence electrons. The van der Waals surface area contributed by atoms with Gasteiger partial charge in [0.15, 0.2) is 0 Å². The van der Waals surface area contributed by atoms with E-state index in [1.165, 1.54) is 12.1 Å². The quantitative estimate of drug-likeness (QED) is 0.860. The summed E-state index contributed by atoms with van der Waals surface area (Å²) < 4.78 is 40.3. The van der Waals surface area contributed by atoms with Crippen molar-refractivity contribution in [2.45, 2.75) is 37.3 Å². The lowest BCUT2D eigenvalue weighted by molar-refractivity contribution is 0.142. The van der Waals surface area contributed by atoms with Crippen LogP contribution in [0, 0.1) is 5.82 Å². The molecule has 0 heterocycles. The van der Waals surface area contributed by atoms with Gasteiger partial charge in [-0.2, -0.15) is 8.42 Å². The number of nitrogens with two attached hydrogens (primary N) is 1. The molecule has 2 rings (SSSR count). The van der Waals surface area contributed by atoms with Crippen molar-refractivity contribution in [1.82, 2.24) is 0 Å². The summed E-state index contributed by atoms with van der Waals surface area (Å²) in [4.78, 5) is 0. The van der Waals surface area contributed by atoms with Crippen LogP contribution in [0.1, 0.15) is 30.7 Å². The van der Waals surface area contributed by atoms with E-state index in [-0.39, 0.29) is 23.9 Å². The Kier molecular flexibility index (Phi) is 4.23. The van der Waals surface area contributed by atoms with E-state index in [1.54, 1.807) is 12.1 Å². The van der Waals surface area contributed by atoms with Crippen LogP contribution in [-0.2, 0) is 14.3 Å². The zero-order chi connectivity index (χ0) is 14.0. The maximum Gasteiger partial charge on any atom is 0.264 e. The normalized spacial score (nSPS) is 28.3. The summed E-state index contributed by atoms with van der Waals surface area (Å²) in [6.45, 7) is 0. The van der Waals surface area contributed by atoms with Crippen molar-refractivity contribution in [1.29, 1.82) is 0 Å². The maximum atomic E-state index is 12.9. The third-order valence-electron chi connectivity index (χ3n) is 3.46. The van der Waals surface area contributed by atoms with Crippen molar-refractivity contribution in [2.24, 2.45) is 5.73 Å². The number of halogens is 1. The molecule has 1 aliphatic rings. The van der Waals surface area contributed by atoms with Gasteiger partial charge in [0, 0.05) is 12.0 Å². The topological polar surface area (TPSA) is 69.4 Å². The maximum absolute atomic E-state index is 12.9. The van der Waals surface area contributed by atoms with Crippen LogP contribution < -0.4 is 5.73 Å². The monoisotopic (exact) mass is 287 g/mol. The van der Waals surface area contributed by atoms with Gasteiger partial charge in [0.2, 0.25) is 0 Å². The molecule has 0 spiro atoms. The molecular weight excluding hydrogens is 269 g/mol. The van der Waals surface area contributed by atoms with E-state index in [0.29, 0.717) is 19.3 Å². The molecule has 1 aromatic carbocycles. The Morgan fingerprint density at radius 3 is 2.47 bits per heavy atom. The molecule has 1 saturated carbocycles. The van der Waals surface area contributed by atoms with Crippen LogP contribution >= 0.6 is 0 Å². The second-order valence-electron chi connectivity index (χ2n) is 5.06. The first-order valence-corrected chi connectivity index (χ1v) is 8.06. The summed E-state index contributed by atoms with van der Waals surface area (Å²) in [5, 5.41) is 0. The fourth-order valence-corrected chi connectivity index (χ4v) is 3.25. The van der Waals surface area contributed by atoms with E-state index in [0.717, 1.165) is 11.8 Å². The molecule has 2 N–H and O–H groups in total. The minimum atomic E-state index is -3.45. The van der Waals surface area contributed by atoms with Gasteiger partial charge in [0.25, 0.3) is 10.1 Å². The Morgan fingerprint density at radius 1 is 1.26 bits per heavy atom. The lowest BCUT2D eigenvalue weighted by atomic mass is 9.79. The third kappa shape index (κ3) is 3.99. The SMILES string of the molecule is CS(=O)(=O)OC1CCC(N)C(c2ccc(F)cc2)C1. The zero-order valence-electron chi connectivity index (χ0n) is 10.8. The lowest BCUT2D eigenvalue weighted by Crippen LogP contribution is -2.38. The van der Waals surface area contributed by atoms with Crippen molar-refractivity contribution in [2.75, 3.05) is 6.26 Å². The molecule has 0 amide bonds. The van der Waals surface area contributed by atoms with Gasteiger partial charge in [-0.1, -0.05) is 12.1 Å². The summed E-state index contributed by atoms with van der Waals surface area (Å²) in [5.74, 6) is -0.293. The van der Waals surface area contributed by atoms with E-state index in [4.69, 9.17) is 9.92 Å². The van der Waals surface area contributed by atoms with E-state index < -0.39 is 10.1 Å². The molecule has 1 fully saturated rings. The average molecular weight is 287 g/mol. The number of rotatable bonds is 3. The van der Waals surface area contributed by atoms with Gasteiger partial charge in [0.05, 0.1) is 12.4 Å². The number of benzene rings is 1. The second-order valence-corrected chi connectivity index (χ2v) is 6.66. The highest BCUT2D eigenvalue weighted by Gasteiger charge is 2.31. The number of hydrogen-bond acceptors (Lipinski definition) is 4. The fourth-order valence-electron chi connectivity index (χ4n) is 2.58. The van der Waals surface area contributed by atoms with Crippen LogP contribution in [0.2, 0.25) is 0 Å². The van der Waals surface area contributed by atoms with Crippen LogP contribution in [0.3, 0.4) is 0 Å². The van der Waals surface area contributed by atoms with Crippen LogP contribution in [0.25, 0.3) is 0 Å². The Bertz CT molecular complexity index is 529. The molecule has 0 bridgehead atoms. The smallest absolute Gasteiger partial charge is 0.264 e. The molecule has 0 aromatic heterocycles. The Labute approximate surface area is 112 Å². The largest absolute Gasteiger partial charge is 0.327 e. The van der Waals surface area contributed by atoms with Crippen molar-refractivity contribution >= 4 is 10.1 Å². The van der Waals surface area contributed by atoms with Crippen molar-refractivity contribution in [3.05, 3.63) is 35.6 Å². The molecule has 19 heavy (non-hydrogen) atoms. The van der Waals surface area contributed by atoms with Crippen LogP contribution in [0.4, 0.5) is 4.39 Å². The van der Waals surface area contributed by atoms with E-state index in [1.807, 2.05) is 0 Å². The molecule has 4 nitrogen and oxygen atoms in total. The first-order chi connectivity index (χ1) is 8.85. The van der Waals surface area contributed by atoms with E-state index in [9.17, 15) is 12.8 Å². The van der Waals surface area contributed by atoms with Gasteiger partial charge in [0.1, 0.15) is 5.82 Å². The minimum Gasteiger partial charge on any atom is -0.327 e. The van der Waals surface area contributed by atoms with Crippen LogP contribution in [0.15, 0.2) is 24.3 Å². The van der Waals surface area contributed by atoms with E-state index >= 15 is 0 Å². The van der Waals surface area contributed by atoms with Crippen LogP contribution in [-0.4, -0.2) is 26.8 Å². The summed E-state index contributed by atoms with van der Waals surface area (Å²) in [6, 6.07) is 6.13. The number of hydrogen-bond donors (Lipinski definition) is 1. The fraction of sp³-hybridized carbons (Fsp3) is 0.538. The highest BCUT2D eigenvalue weighted by atomic mass is 32.2. The third-order valence-corrected chi connectivity index (χ3v) is 4.09. The molecule has 0 radical (unpaired) electrons. The minimum absolute atomic E-state index is 0.00102. The first-order valence-electron chi connectivity index (χ1n) is 6.24. The summed E-state index contributed by atoms with van der Waals surface area (Å²) >= 11 is 0. The van der Waals surface area contributed by atoms with Gasteiger partial charge >= 0.3 is 0 Å². The average Bonchev–Trinajstić information content (AvgIpc) is 2.31. The standard InChI is InChI=1S/C13H18FNO3S/c1-19(16,17)18-11-6-7-13(15)12(8-11)9-2-4-10(14)5-3-9/h2-5,11-13H,6-8,15H2,1H3. The first kappa shape index (κ1) is 14.4. The molecular formula is C13H18FNO3S. The molecule has 6 heteroatoms. The van der Waals surface area contributed by atoms with Crippen molar-refractivity contribution in [3.8, 4) is 0 Å². The van der Waals surface area contributed by atoms with Gasteiger partial charge in [-0.15, -0.1) is 0 Å². The summed E-state index contributed by atoms with van der Waals surface area (Å²) in [7, 11) is -3.45. The predicted octanol–water partition coefficient (Wildman–Crippen LogP) is 1.77. The molecule has 3 atom stereocenters. The summed E-state index contributed by atoms with van der Waals surface area (Å²) in [5.41, 5.74) is 7.00.